The van der Waals surface area contributed by atoms with E-state index in [1.165, 1.54) is 0 Å². The number of hydrogen-bond donors (Lipinski definition) is 0. The zero-order chi connectivity index (χ0) is 17.4. The van der Waals surface area contributed by atoms with Crippen molar-refractivity contribution in [2.24, 2.45) is 0 Å². The molecule has 1 fully saturated rings. The van der Waals surface area contributed by atoms with Gasteiger partial charge in [-0.15, -0.1) is 0 Å². The lowest BCUT2D eigenvalue weighted by Gasteiger charge is -2.25. The maximum Gasteiger partial charge on any atom is 0.243 e. The summed E-state index contributed by atoms with van der Waals surface area (Å²) in [7, 11) is -3.49. The third kappa shape index (κ3) is 3.23. The molecule has 1 atom stereocenters. The average molecular weight is 344 g/mol. The molecule has 0 bridgehead atoms. The molecule has 0 radical (unpaired) electrons. The summed E-state index contributed by atoms with van der Waals surface area (Å²) in [6, 6.07) is 11.0. The van der Waals surface area contributed by atoms with E-state index >= 15 is 0 Å². The van der Waals surface area contributed by atoms with Crippen LogP contribution in [0.3, 0.4) is 0 Å². The fourth-order valence-electron chi connectivity index (χ4n) is 3.20. The minimum atomic E-state index is -3.49. The number of hydrogen-bond acceptors (Lipinski definition) is 3. The Labute approximate surface area is 144 Å². The van der Waals surface area contributed by atoms with Crippen molar-refractivity contribution in [2.75, 3.05) is 6.54 Å². The Morgan fingerprint density at radius 2 is 1.83 bits per heavy atom. The number of aromatic nitrogens is 1. The molecule has 0 amide bonds. The van der Waals surface area contributed by atoms with Gasteiger partial charge in [-0.3, -0.25) is 4.98 Å². The summed E-state index contributed by atoms with van der Waals surface area (Å²) in [6.45, 7) is 6.92. The highest BCUT2D eigenvalue weighted by atomic mass is 32.2. The molecular formula is C19H24N2O2S. The van der Waals surface area contributed by atoms with Crippen LogP contribution < -0.4 is 0 Å². The van der Waals surface area contributed by atoms with Crippen LogP contribution >= 0.6 is 0 Å². The maximum absolute atomic E-state index is 13.1. The average Bonchev–Trinajstić information content (AvgIpc) is 3.05. The van der Waals surface area contributed by atoms with E-state index in [2.05, 4.69) is 25.8 Å². The van der Waals surface area contributed by atoms with Gasteiger partial charge >= 0.3 is 0 Å². The van der Waals surface area contributed by atoms with Gasteiger partial charge in [0, 0.05) is 18.9 Å². The summed E-state index contributed by atoms with van der Waals surface area (Å²) in [5.41, 5.74) is 2.10. The zero-order valence-electron chi connectivity index (χ0n) is 14.4. The Morgan fingerprint density at radius 3 is 2.42 bits per heavy atom. The summed E-state index contributed by atoms with van der Waals surface area (Å²) in [4.78, 5) is 4.50. The zero-order valence-corrected chi connectivity index (χ0v) is 15.3. The second kappa shape index (κ2) is 6.30. The molecule has 0 saturated carbocycles. The molecule has 128 valence electrons. The number of pyridine rings is 1. The van der Waals surface area contributed by atoms with E-state index in [0.717, 1.165) is 24.0 Å². The smallest absolute Gasteiger partial charge is 0.243 e. The molecule has 1 aromatic carbocycles. The van der Waals surface area contributed by atoms with Crippen molar-refractivity contribution in [3.05, 3.63) is 59.9 Å². The van der Waals surface area contributed by atoms with Gasteiger partial charge in [0.1, 0.15) is 0 Å². The van der Waals surface area contributed by atoms with E-state index < -0.39 is 10.0 Å². The van der Waals surface area contributed by atoms with E-state index in [1.54, 1.807) is 28.8 Å². The minimum Gasteiger partial charge on any atom is -0.264 e. The Bertz CT molecular complexity index is 794. The van der Waals surface area contributed by atoms with Crippen LogP contribution in [0.4, 0.5) is 0 Å². The van der Waals surface area contributed by atoms with Crippen molar-refractivity contribution in [1.82, 2.24) is 9.29 Å². The van der Waals surface area contributed by atoms with Crippen molar-refractivity contribution in [3.8, 4) is 0 Å². The molecule has 0 aliphatic carbocycles. The van der Waals surface area contributed by atoms with Crippen molar-refractivity contribution in [2.45, 2.75) is 50.0 Å². The van der Waals surface area contributed by atoms with Crippen LogP contribution in [0, 0.1) is 0 Å². The fraction of sp³-hybridized carbons (Fsp3) is 0.421. The molecule has 4 nitrogen and oxygen atoms in total. The van der Waals surface area contributed by atoms with Gasteiger partial charge in [0.25, 0.3) is 0 Å². The molecule has 24 heavy (non-hydrogen) atoms. The molecule has 3 rings (SSSR count). The molecule has 2 aromatic rings. The van der Waals surface area contributed by atoms with Gasteiger partial charge < -0.3 is 0 Å². The third-order valence-electron chi connectivity index (χ3n) is 4.60. The summed E-state index contributed by atoms with van der Waals surface area (Å²) < 4.78 is 27.8. The predicted octanol–water partition coefficient (Wildman–Crippen LogP) is 3.90. The quantitative estimate of drug-likeness (QED) is 0.848. The predicted molar refractivity (Wildman–Crippen MR) is 95.2 cm³/mol. The van der Waals surface area contributed by atoms with E-state index in [0.29, 0.717) is 11.4 Å². The summed E-state index contributed by atoms with van der Waals surface area (Å²) >= 11 is 0. The highest BCUT2D eigenvalue weighted by molar-refractivity contribution is 7.89. The Balaban J connectivity index is 1.92. The topological polar surface area (TPSA) is 50.3 Å². The fourth-order valence-corrected chi connectivity index (χ4v) is 4.88. The van der Waals surface area contributed by atoms with Gasteiger partial charge in [0.05, 0.1) is 10.9 Å². The molecule has 0 N–H and O–H groups in total. The van der Waals surface area contributed by atoms with Crippen LogP contribution in [0.15, 0.2) is 53.7 Å². The molecule has 0 spiro atoms. The molecule has 1 aliphatic heterocycles. The molecule has 5 heteroatoms. The third-order valence-corrected chi connectivity index (χ3v) is 6.52. The van der Waals surface area contributed by atoms with E-state index in [9.17, 15) is 8.42 Å². The first kappa shape index (κ1) is 17.1. The van der Waals surface area contributed by atoms with Crippen LogP contribution in [-0.2, 0) is 15.4 Å². The van der Waals surface area contributed by atoms with E-state index in [1.807, 2.05) is 24.3 Å². The molecule has 1 unspecified atom stereocenters. The minimum absolute atomic E-state index is 0.00811. The molecule has 1 aliphatic rings. The number of sulfonamides is 1. The monoisotopic (exact) mass is 344 g/mol. The molecule has 2 heterocycles. The van der Waals surface area contributed by atoms with Crippen LogP contribution in [0.1, 0.15) is 50.8 Å². The van der Waals surface area contributed by atoms with Crippen molar-refractivity contribution < 1.29 is 8.42 Å². The first-order valence-electron chi connectivity index (χ1n) is 8.32. The van der Waals surface area contributed by atoms with Gasteiger partial charge in [-0.25, -0.2) is 8.42 Å². The van der Waals surface area contributed by atoms with Gasteiger partial charge in [-0.2, -0.15) is 4.31 Å². The lowest BCUT2D eigenvalue weighted by Crippen LogP contribution is -2.30. The van der Waals surface area contributed by atoms with Crippen molar-refractivity contribution >= 4 is 10.0 Å². The van der Waals surface area contributed by atoms with Crippen LogP contribution in [-0.4, -0.2) is 24.3 Å². The van der Waals surface area contributed by atoms with Crippen LogP contribution in [0.5, 0.6) is 0 Å². The van der Waals surface area contributed by atoms with Gasteiger partial charge in [-0.05, 0) is 47.6 Å². The van der Waals surface area contributed by atoms with Crippen molar-refractivity contribution in [3.63, 3.8) is 0 Å². The van der Waals surface area contributed by atoms with Gasteiger partial charge in [0.15, 0.2) is 0 Å². The summed E-state index contributed by atoms with van der Waals surface area (Å²) in [5.74, 6) is 0. The second-order valence-corrected chi connectivity index (χ2v) is 9.23. The standard InChI is InChI=1S/C19H24N2O2S/c1-19(2,3)16-8-10-17(11-9-16)24(22,23)21-13-5-7-18(21)15-6-4-12-20-14-15/h4,6,8-12,14,18H,5,7,13H2,1-3H3. The van der Waals surface area contributed by atoms with Crippen molar-refractivity contribution in [1.29, 1.82) is 0 Å². The first-order chi connectivity index (χ1) is 11.3. The normalized spacial score (nSPS) is 19.5. The van der Waals surface area contributed by atoms with Crippen LogP contribution in [0.25, 0.3) is 0 Å². The maximum atomic E-state index is 13.1. The first-order valence-corrected chi connectivity index (χ1v) is 9.76. The Morgan fingerprint density at radius 1 is 1.12 bits per heavy atom. The Kier molecular flexibility index (Phi) is 4.49. The second-order valence-electron chi connectivity index (χ2n) is 7.33. The summed E-state index contributed by atoms with van der Waals surface area (Å²) in [5, 5.41) is 0. The summed E-state index contributed by atoms with van der Waals surface area (Å²) in [6.07, 6.45) is 5.19. The molecule has 1 aromatic heterocycles. The Hall–Kier alpha value is -1.72. The molecule has 1 saturated heterocycles. The highest BCUT2D eigenvalue weighted by Gasteiger charge is 2.36. The number of benzene rings is 1. The molecular weight excluding hydrogens is 320 g/mol. The van der Waals surface area contributed by atoms with E-state index in [4.69, 9.17) is 0 Å². The number of nitrogens with zero attached hydrogens (tertiary/aromatic N) is 2. The number of rotatable bonds is 3. The van der Waals surface area contributed by atoms with Gasteiger partial charge in [0.2, 0.25) is 10.0 Å². The largest absolute Gasteiger partial charge is 0.264 e. The van der Waals surface area contributed by atoms with Gasteiger partial charge in [-0.1, -0.05) is 39.0 Å². The van der Waals surface area contributed by atoms with Crippen LogP contribution in [0.2, 0.25) is 0 Å². The lowest BCUT2D eigenvalue weighted by molar-refractivity contribution is 0.396. The van der Waals surface area contributed by atoms with E-state index in [-0.39, 0.29) is 11.5 Å². The highest BCUT2D eigenvalue weighted by Crippen LogP contribution is 2.36. The lowest BCUT2D eigenvalue weighted by atomic mass is 9.87. The SMILES string of the molecule is CC(C)(C)c1ccc(S(=O)(=O)N2CCCC2c2cccnc2)cc1.